The summed E-state index contributed by atoms with van der Waals surface area (Å²) in [7, 11) is 2.28. The highest BCUT2D eigenvalue weighted by Gasteiger charge is 2.35. The van der Waals surface area contributed by atoms with Crippen molar-refractivity contribution in [2.75, 3.05) is 25.0 Å². The quantitative estimate of drug-likeness (QED) is 0.736. The van der Waals surface area contributed by atoms with Crippen LogP contribution in [0.4, 0.5) is 5.82 Å². The van der Waals surface area contributed by atoms with Crippen LogP contribution in [0.3, 0.4) is 0 Å². The Labute approximate surface area is 155 Å². The van der Waals surface area contributed by atoms with E-state index in [1.54, 1.807) is 0 Å². The first-order chi connectivity index (χ1) is 11.9. The molecule has 1 aromatic rings. The molecule has 2 aliphatic rings. The predicted octanol–water partition coefficient (Wildman–Crippen LogP) is 2.23. The summed E-state index contributed by atoms with van der Waals surface area (Å²) in [6, 6.07) is 5.63. The van der Waals surface area contributed by atoms with E-state index in [2.05, 4.69) is 49.9 Å². The summed E-state index contributed by atoms with van der Waals surface area (Å²) in [6.07, 6.45) is 7.06. The normalized spacial score (nSPS) is 23.0. The minimum Gasteiger partial charge on any atom is -0.478 e. The van der Waals surface area contributed by atoms with Gasteiger partial charge in [0.1, 0.15) is 5.82 Å². The number of pyridine rings is 1. The van der Waals surface area contributed by atoms with Gasteiger partial charge in [-0.3, -0.25) is 4.90 Å². The number of carbonyl (C=O) groups is 2. The lowest BCUT2D eigenvalue weighted by molar-refractivity contribution is -0.134. The van der Waals surface area contributed by atoms with Crippen molar-refractivity contribution in [1.82, 2.24) is 9.88 Å². The number of halogens is 1. The molecule has 0 amide bonds. The zero-order chi connectivity index (χ0) is 18.4. The molecule has 0 aromatic carbocycles. The number of nitrogens with zero attached hydrogens (tertiary/aromatic N) is 3. The predicted molar refractivity (Wildman–Crippen MR) is 97.8 cm³/mol. The Morgan fingerprint density at radius 3 is 2.16 bits per heavy atom. The van der Waals surface area contributed by atoms with Gasteiger partial charge >= 0.3 is 11.9 Å². The van der Waals surface area contributed by atoms with Crippen LogP contribution in [0.25, 0.3) is 0 Å². The Morgan fingerprint density at radius 2 is 1.72 bits per heavy atom. The summed E-state index contributed by atoms with van der Waals surface area (Å²) < 4.78 is 1.05. The van der Waals surface area contributed by atoms with Crippen molar-refractivity contribution in [1.29, 1.82) is 0 Å². The molecule has 2 saturated heterocycles. The van der Waals surface area contributed by atoms with Crippen molar-refractivity contribution in [2.24, 2.45) is 0 Å². The monoisotopic (exact) mass is 411 g/mol. The number of piperazine rings is 1. The van der Waals surface area contributed by atoms with E-state index in [0.29, 0.717) is 24.2 Å². The van der Waals surface area contributed by atoms with Crippen LogP contribution in [0.5, 0.6) is 0 Å². The molecular formula is C17H22BrN3O4. The third-order valence-electron chi connectivity index (χ3n) is 4.49. The van der Waals surface area contributed by atoms with Crippen LogP contribution in [0, 0.1) is 0 Å². The molecule has 3 heterocycles. The number of rotatable bonds is 3. The number of hydrogen-bond donors (Lipinski definition) is 2. The maximum Gasteiger partial charge on any atom is 0.328 e. The largest absolute Gasteiger partial charge is 0.478 e. The summed E-state index contributed by atoms with van der Waals surface area (Å²) in [5.74, 6) is -1.39. The van der Waals surface area contributed by atoms with E-state index >= 15 is 0 Å². The molecule has 7 nitrogen and oxygen atoms in total. The lowest BCUT2D eigenvalue weighted by Gasteiger charge is -2.48. The lowest BCUT2D eigenvalue weighted by Crippen LogP contribution is -2.59. The summed E-state index contributed by atoms with van der Waals surface area (Å²) >= 11 is 3.44. The van der Waals surface area contributed by atoms with Crippen LogP contribution in [0.15, 0.2) is 35.0 Å². The number of aliphatic carboxylic acids is 2. The molecule has 1 aromatic heterocycles. The fourth-order valence-corrected chi connectivity index (χ4v) is 3.44. The van der Waals surface area contributed by atoms with Gasteiger partial charge in [-0.15, -0.1) is 0 Å². The lowest BCUT2D eigenvalue weighted by atomic mass is 9.92. The zero-order valence-corrected chi connectivity index (χ0v) is 15.6. The molecule has 2 unspecified atom stereocenters. The molecular weight excluding hydrogens is 390 g/mol. The van der Waals surface area contributed by atoms with Gasteiger partial charge in [0.05, 0.1) is 0 Å². The number of carboxylic acids is 2. The van der Waals surface area contributed by atoms with E-state index < -0.39 is 11.9 Å². The molecule has 0 aliphatic carbocycles. The molecule has 2 fully saturated rings. The van der Waals surface area contributed by atoms with Crippen LogP contribution in [-0.2, 0) is 9.59 Å². The standard InChI is InChI=1S/C13H18BrN3.C4H4O4/c1-16-11-3-2-4-12(16)9-17(8-11)13-6-5-10(14)7-15-13;5-3(6)1-2-4(7)8/h5-7,11-12H,2-4,8-9H2,1H3;1-2H,(H,5,6)(H,7,8)/b;2-1+. The number of piperidine rings is 1. The Bertz CT molecular complexity index is 605. The average Bonchev–Trinajstić information content (AvgIpc) is 2.54. The van der Waals surface area contributed by atoms with Crippen molar-refractivity contribution in [3.63, 3.8) is 0 Å². The van der Waals surface area contributed by atoms with Gasteiger partial charge in [-0.05, 0) is 48.0 Å². The molecule has 2 bridgehead atoms. The van der Waals surface area contributed by atoms with E-state index in [1.165, 1.54) is 19.3 Å². The summed E-state index contributed by atoms with van der Waals surface area (Å²) in [4.78, 5) is 28.6. The molecule has 0 saturated carbocycles. The fraction of sp³-hybridized carbons (Fsp3) is 0.471. The van der Waals surface area contributed by atoms with Crippen LogP contribution >= 0.6 is 15.9 Å². The van der Waals surface area contributed by atoms with Crippen molar-refractivity contribution in [3.8, 4) is 0 Å². The van der Waals surface area contributed by atoms with Gasteiger partial charge in [0.15, 0.2) is 0 Å². The molecule has 2 atom stereocenters. The van der Waals surface area contributed by atoms with Gasteiger partial charge in [0, 0.05) is 48.0 Å². The topological polar surface area (TPSA) is 94.0 Å². The van der Waals surface area contributed by atoms with Gasteiger partial charge in [-0.25, -0.2) is 14.6 Å². The number of aromatic nitrogens is 1. The smallest absolute Gasteiger partial charge is 0.328 e. The average molecular weight is 412 g/mol. The number of anilines is 1. The van der Waals surface area contributed by atoms with Crippen LogP contribution in [-0.4, -0.2) is 64.3 Å². The van der Waals surface area contributed by atoms with E-state index in [-0.39, 0.29) is 0 Å². The SMILES string of the molecule is CN1C2CCCC1CN(c1ccc(Br)cn1)C2.O=C(O)/C=C/C(=O)O. The molecule has 0 spiro atoms. The Hall–Kier alpha value is -1.93. The van der Waals surface area contributed by atoms with Crippen LogP contribution in [0.2, 0.25) is 0 Å². The summed E-state index contributed by atoms with van der Waals surface area (Å²) in [5.41, 5.74) is 0. The first-order valence-corrected chi connectivity index (χ1v) is 8.88. The Balaban J connectivity index is 0.000000242. The zero-order valence-electron chi connectivity index (χ0n) is 14.0. The van der Waals surface area contributed by atoms with E-state index in [1.807, 2.05) is 6.20 Å². The van der Waals surface area contributed by atoms with E-state index in [0.717, 1.165) is 23.4 Å². The van der Waals surface area contributed by atoms with Crippen LogP contribution < -0.4 is 4.90 Å². The second kappa shape index (κ2) is 8.96. The fourth-order valence-electron chi connectivity index (χ4n) is 3.20. The number of hydrogen-bond acceptors (Lipinski definition) is 5. The summed E-state index contributed by atoms with van der Waals surface area (Å²) in [5, 5.41) is 15.6. The second-order valence-electron chi connectivity index (χ2n) is 6.15. The Kier molecular flexibility index (Phi) is 6.95. The minimum atomic E-state index is -1.26. The van der Waals surface area contributed by atoms with E-state index in [4.69, 9.17) is 10.2 Å². The van der Waals surface area contributed by atoms with Crippen molar-refractivity contribution in [3.05, 3.63) is 35.0 Å². The minimum absolute atomic E-state index is 0.558. The first kappa shape index (κ1) is 19.4. The number of carboxylic acid groups (broad SMARTS) is 2. The first-order valence-electron chi connectivity index (χ1n) is 8.09. The van der Waals surface area contributed by atoms with Gasteiger partial charge in [-0.2, -0.15) is 0 Å². The Morgan fingerprint density at radius 1 is 1.16 bits per heavy atom. The molecule has 0 radical (unpaired) electrons. The van der Waals surface area contributed by atoms with Crippen molar-refractivity contribution < 1.29 is 19.8 Å². The second-order valence-corrected chi connectivity index (χ2v) is 7.07. The van der Waals surface area contributed by atoms with E-state index in [9.17, 15) is 9.59 Å². The molecule has 3 rings (SSSR count). The highest BCUT2D eigenvalue weighted by molar-refractivity contribution is 9.10. The van der Waals surface area contributed by atoms with Gasteiger partial charge < -0.3 is 15.1 Å². The number of likely N-dealkylation sites (N-methyl/N-ethyl adjacent to an activating group) is 1. The van der Waals surface area contributed by atoms with Crippen LogP contribution in [0.1, 0.15) is 19.3 Å². The molecule has 8 heteroatoms. The maximum absolute atomic E-state index is 9.55. The van der Waals surface area contributed by atoms with Crippen molar-refractivity contribution >= 4 is 33.7 Å². The molecule has 2 N–H and O–H groups in total. The van der Waals surface area contributed by atoms with Gasteiger partial charge in [-0.1, -0.05) is 6.42 Å². The molecule has 136 valence electrons. The summed E-state index contributed by atoms with van der Waals surface area (Å²) in [6.45, 7) is 2.25. The third-order valence-corrected chi connectivity index (χ3v) is 4.96. The maximum atomic E-state index is 9.55. The highest BCUT2D eigenvalue weighted by atomic mass is 79.9. The van der Waals surface area contributed by atoms with Gasteiger partial charge in [0.2, 0.25) is 0 Å². The van der Waals surface area contributed by atoms with Crippen molar-refractivity contribution in [2.45, 2.75) is 31.3 Å². The molecule has 2 aliphatic heterocycles. The molecule has 25 heavy (non-hydrogen) atoms. The van der Waals surface area contributed by atoms with Gasteiger partial charge in [0.25, 0.3) is 0 Å². The number of fused-ring (bicyclic) bond motifs is 2. The third kappa shape index (κ3) is 5.82. The highest BCUT2D eigenvalue weighted by Crippen LogP contribution is 2.29.